The zero-order chi connectivity index (χ0) is 18.7. The summed E-state index contributed by atoms with van der Waals surface area (Å²) in [6.45, 7) is 4.97. The summed E-state index contributed by atoms with van der Waals surface area (Å²) in [4.78, 5) is 28.2. The highest BCUT2D eigenvalue weighted by atomic mass is 19.1. The van der Waals surface area contributed by atoms with Gasteiger partial charge in [-0.05, 0) is 24.5 Å². The van der Waals surface area contributed by atoms with Crippen LogP contribution in [0.25, 0.3) is 0 Å². The van der Waals surface area contributed by atoms with E-state index in [-0.39, 0.29) is 23.6 Å². The van der Waals surface area contributed by atoms with E-state index in [2.05, 4.69) is 15.5 Å². The average Bonchev–Trinajstić information content (AvgIpc) is 2.65. The van der Waals surface area contributed by atoms with Crippen LogP contribution in [-0.4, -0.2) is 62.7 Å². The summed E-state index contributed by atoms with van der Waals surface area (Å²) in [5, 5.41) is 5.65. The molecular formula is C18H25FN4O3. The van der Waals surface area contributed by atoms with Crippen LogP contribution in [0.4, 0.5) is 14.9 Å². The molecule has 142 valence electrons. The molecular weight excluding hydrogens is 339 g/mol. The van der Waals surface area contributed by atoms with Gasteiger partial charge in [-0.2, -0.15) is 0 Å². The Morgan fingerprint density at radius 3 is 2.69 bits per heavy atom. The molecule has 26 heavy (non-hydrogen) atoms. The van der Waals surface area contributed by atoms with Gasteiger partial charge < -0.3 is 25.2 Å². The fraction of sp³-hybridized carbons (Fsp3) is 0.556. The zero-order valence-electron chi connectivity index (χ0n) is 15.1. The second-order valence-corrected chi connectivity index (χ2v) is 6.78. The van der Waals surface area contributed by atoms with E-state index < -0.39 is 11.9 Å². The molecule has 0 bridgehead atoms. The monoisotopic (exact) mass is 364 g/mol. The van der Waals surface area contributed by atoms with Crippen LogP contribution in [0.5, 0.6) is 5.75 Å². The molecule has 1 aromatic carbocycles. The molecule has 0 saturated carbocycles. The first-order valence-electron chi connectivity index (χ1n) is 8.91. The van der Waals surface area contributed by atoms with Crippen LogP contribution in [0.15, 0.2) is 18.2 Å². The SMILES string of the molecule is COc1cc(N2CCN(C(=O)NC3C(=O)NCCC3C)CC2)ccc1F. The molecule has 0 aliphatic carbocycles. The molecule has 1 aromatic rings. The lowest BCUT2D eigenvalue weighted by molar-refractivity contribution is -0.125. The molecule has 2 saturated heterocycles. The van der Waals surface area contributed by atoms with Crippen molar-refractivity contribution in [1.82, 2.24) is 15.5 Å². The molecule has 0 aromatic heterocycles. The first-order valence-corrected chi connectivity index (χ1v) is 8.91. The summed E-state index contributed by atoms with van der Waals surface area (Å²) >= 11 is 0. The van der Waals surface area contributed by atoms with E-state index in [0.717, 1.165) is 12.1 Å². The topological polar surface area (TPSA) is 73.9 Å². The number of amides is 3. The van der Waals surface area contributed by atoms with E-state index in [1.807, 2.05) is 6.92 Å². The van der Waals surface area contributed by atoms with Gasteiger partial charge in [0.2, 0.25) is 5.91 Å². The fourth-order valence-electron chi connectivity index (χ4n) is 3.40. The Kier molecular flexibility index (Phi) is 5.49. The largest absolute Gasteiger partial charge is 0.494 e. The lowest BCUT2D eigenvalue weighted by Gasteiger charge is -2.37. The van der Waals surface area contributed by atoms with Gasteiger partial charge in [0.25, 0.3) is 0 Å². The highest BCUT2D eigenvalue weighted by Gasteiger charge is 2.32. The number of anilines is 1. The van der Waals surface area contributed by atoms with E-state index in [1.165, 1.54) is 13.2 Å². The minimum absolute atomic E-state index is 0.117. The highest BCUT2D eigenvalue weighted by molar-refractivity contribution is 5.88. The Balaban J connectivity index is 1.56. The fourth-order valence-corrected chi connectivity index (χ4v) is 3.40. The molecule has 0 spiro atoms. The quantitative estimate of drug-likeness (QED) is 0.845. The second-order valence-electron chi connectivity index (χ2n) is 6.78. The van der Waals surface area contributed by atoms with Gasteiger partial charge in [0.15, 0.2) is 11.6 Å². The van der Waals surface area contributed by atoms with E-state index in [9.17, 15) is 14.0 Å². The molecule has 2 aliphatic rings. The summed E-state index contributed by atoms with van der Waals surface area (Å²) in [7, 11) is 1.44. The molecule has 2 N–H and O–H groups in total. The Morgan fingerprint density at radius 1 is 1.31 bits per heavy atom. The van der Waals surface area contributed by atoms with Crippen LogP contribution >= 0.6 is 0 Å². The van der Waals surface area contributed by atoms with Crippen molar-refractivity contribution in [1.29, 1.82) is 0 Å². The van der Waals surface area contributed by atoms with E-state index in [0.29, 0.717) is 32.7 Å². The van der Waals surface area contributed by atoms with Crippen molar-refractivity contribution in [3.8, 4) is 5.75 Å². The molecule has 2 aliphatic heterocycles. The Morgan fingerprint density at radius 2 is 2.04 bits per heavy atom. The Labute approximate surface area is 152 Å². The van der Waals surface area contributed by atoms with Gasteiger partial charge in [-0.1, -0.05) is 6.92 Å². The van der Waals surface area contributed by atoms with Crippen molar-refractivity contribution in [3.63, 3.8) is 0 Å². The molecule has 3 amide bonds. The van der Waals surface area contributed by atoms with Crippen molar-refractivity contribution >= 4 is 17.6 Å². The van der Waals surface area contributed by atoms with Crippen molar-refractivity contribution in [2.24, 2.45) is 5.92 Å². The third-order valence-electron chi connectivity index (χ3n) is 5.10. The number of halogens is 1. The number of nitrogens with zero attached hydrogens (tertiary/aromatic N) is 2. The number of piperidine rings is 1. The number of carbonyl (C=O) groups is 2. The van der Waals surface area contributed by atoms with Gasteiger partial charge in [0, 0.05) is 44.5 Å². The first kappa shape index (κ1) is 18.3. The average molecular weight is 364 g/mol. The molecule has 2 fully saturated rings. The molecule has 7 nitrogen and oxygen atoms in total. The number of rotatable bonds is 3. The molecule has 2 unspecified atom stereocenters. The highest BCUT2D eigenvalue weighted by Crippen LogP contribution is 2.25. The number of hydrogen-bond acceptors (Lipinski definition) is 4. The maximum atomic E-state index is 13.6. The molecule has 2 atom stereocenters. The van der Waals surface area contributed by atoms with Gasteiger partial charge in [0.1, 0.15) is 6.04 Å². The van der Waals surface area contributed by atoms with Crippen LogP contribution in [0, 0.1) is 11.7 Å². The Hall–Kier alpha value is -2.51. The van der Waals surface area contributed by atoms with Crippen LogP contribution < -0.4 is 20.3 Å². The van der Waals surface area contributed by atoms with E-state index >= 15 is 0 Å². The van der Waals surface area contributed by atoms with Gasteiger partial charge in [-0.15, -0.1) is 0 Å². The molecule has 0 radical (unpaired) electrons. The minimum Gasteiger partial charge on any atom is -0.494 e. The summed E-state index contributed by atoms with van der Waals surface area (Å²) in [5.74, 6) is -0.177. The summed E-state index contributed by atoms with van der Waals surface area (Å²) in [6, 6.07) is 4.07. The van der Waals surface area contributed by atoms with Crippen molar-refractivity contribution in [2.45, 2.75) is 19.4 Å². The number of nitrogens with one attached hydrogen (secondary N) is 2. The molecule has 3 rings (SSSR count). The van der Waals surface area contributed by atoms with Gasteiger partial charge in [0.05, 0.1) is 7.11 Å². The summed E-state index contributed by atoms with van der Waals surface area (Å²) < 4.78 is 18.6. The minimum atomic E-state index is -0.476. The van der Waals surface area contributed by atoms with Crippen LogP contribution in [0.1, 0.15) is 13.3 Å². The lowest BCUT2D eigenvalue weighted by atomic mass is 9.94. The summed E-state index contributed by atoms with van der Waals surface area (Å²) in [6.07, 6.45) is 0.858. The predicted molar refractivity (Wildman–Crippen MR) is 95.8 cm³/mol. The third-order valence-corrected chi connectivity index (χ3v) is 5.10. The lowest BCUT2D eigenvalue weighted by Crippen LogP contribution is -2.59. The smallest absolute Gasteiger partial charge is 0.318 e. The maximum Gasteiger partial charge on any atom is 0.318 e. The van der Waals surface area contributed by atoms with Crippen LogP contribution in [0.2, 0.25) is 0 Å². The van der Waals surface area contributed by atoms with E-state index in [4.69, 9.17) is 4.74 Å². The van der Waals surface area contributed by atoms with E-state index in [1.54, 1.807) is 17.0 Å². The van der Waals surface area contributed by atoms with Crippen molar-refractivity contribution < 1.29 is 18.7 Å². The van der Waals surface area contributed by atoms with Crippen molar-refractivity contribution in [3.05, 3.63) is 24.0 Å². The van der Waals surface area contributed by atoms with Crippen LogP contribution in [-0.2, 0) is 4.79 Å². The number of urea groups is 1. The number of methoxy groups -OCH3 is 1. The summed E-state index contributed by atoms with van der Waals surface area (Å²) in [5.41, 5.74) is 0.864. The van der Waals surface area contributed by atoms with Gasteiger partial charge in [-0.25, -0.2) is 9.18 Å². The number of ether oxygens (including phenoxy) is 1. The molecule has 2 heterocycles. The third kappa shape index (κ3) is 3.84. The van der Waals surface area contributed by atoms with Gasteiger partial charge in [-0.3, -0.25) is 4.79 Å². The number of carbonyl (C=O) groups excluding carboxylic acids is 2. The second kappa shape index (κ2) is 7.80. The Bertz CT molecular complexity index is 676. The first-order chi connectivity index (χ1) is 12.5. The normalized spacial score (nSPS) is 23.4. The van der Waals surface area contributed by atoms with Crippen LogP contribution in [0.3, 0.4) is 0 Å². The number of benzene rings is 1. The molecule has 8 heteroatoms. The standard InChI is InChI=1S/C18H25FN4O3/c1-12-5-6-20-17(24)16(12)21-18(25)23-9-7-22(8-10-23)13-3-4-14(19)15(11-13)26-2/h3-4,11-12,16H,5-10H2,1-2H3,(H,20,24)(H,21,25). The maximum absolute atomic E-state index is 13.6. The zero-order valence-corrected chi connectivity index (χ0v) is 15.1. The van der Waals surface area contributed by atoms with Gasteiger partial charge >= 0.3 is 6.03 Å². The predicted octanol–water partition coefficient (Wildman–Crippen LogP) is 1.19. The number of piperazine rings is 1. The van der Waals surface area contributed by atoms with Crippen molar-refractivity contribution in [2.75, 3.05) is 44.7 Å². The number of hydrogen-bond donors (Lipinski definition) is 2.